The summed E-state index contributed by atoms with van der Waals surface area (Å²) < 4.78 is 46.9. The van der Waals surface area contributed by atoms with Crippen molar-refractivity contribution in [2.45, 2.75) is 20.2 Å². The summed E-state index contributed by atoms with van der Waals surface area (Å²) in [5.74, 6) is 0. The molecule has 8 heteroatoms. The van der Waals surface area contributed by atoms with E-state index < -0.39 is 19.9 Å². The SMILES string of the molecule is Cc1ccccc1S(=O)(=O)c1ccc(S(N)(=O)=O)s1. The molecule has 19 heavy (non-hydrogen) atoms. The lowest BCUT2D eigenvalue weighted by Gasteiger charge is -2.04. The number of thiophene rings is 1. The molecular weight excluding hydrogens is 306 g/mol. The van der Waals surface area contributed by atoms with E-state index in [2.05, 4.69) is 0 Å². The van der Waals surface area contributed by atoms with Gasteiger partial charge in [0, 0.05) is 0 Å². The van der Waals surface area contributed by atoms with Gasteiger partial charge in [0.05, 0.1) is 4.90 Å². The summed E-state index contributed by atoms with van der Waals surface area (Å²) in [4.78, 5) is 0.165. The second kappa shape index (κ2) is 4.71. The molecule has 0 radical (unpaired) electrons. The molecule has 0 amide bonds. The van der Waals surface area contributed by atoms with E-state index in [9.17, 15) is 16.8 Å². The van der Waals surface area contributed by atoms with Gasteiger partial charge in [-0.25, -0.2) is 22.0 Å². The smallest absolute Gasteiger partial charge is 0.224 e. The minimum atomic E-state index is -3.88. The predicted molar refractivity (Wildman–Crippen MR) is 72.3 cm³/mol. The highest BCUT2D eigenvalue weighted by atomic mass is 32.3. The molecule has 2 N–H and O–H groups in total. The lowest BCUT2D eigenvalue weighted by atomic mass is 10.2. The zero-order valence-corrected chi connectivity index (χ0v) is 12.3. The van der Waals surface area contributed by atoms with Gasteiger partial charge in [-0.3, -0.25) is 0 Å². The second-order valence-corrected chi connectivity index (χ2v) is 8.90. The van der Waals surface area contributed by atoms with Crippen LogP contribution in [-0.2, 0) is 19.9 Å². The van der Waals surface area contributed by atoms with Gasteiger partial charge < -0.3 is 0 Å². The number of primary sulfonamides is 1. The first-order valence-corrected chi connectivity index (χ1v) is 9.01. The predicted octanol–water partition coefficient (Wildman–Crippen LogP) is 1.54. The van der Waals surface area contributed by atoms with Crippen LogP contribution in [-0.4, -0.2) is 16.8 Å². The van der Waals surface area contributed by atoms with Gasteiger partial charge in [0.25, 0.3) is 0 Å². The van der Waals surface area contributed by atoms with Crippen LogP contribution in [0.4, 0.5) is 0 Å². The third kappa shape index (κ3) is 2.71. The van der Waals surface area contributed by atoms with Crippen LogP contribution in [0.15, 0.2) is 49.7 Å². The maximum absolute atomic E-state index is 12.4. The Morgan fingerprint density at radius 3 is 2.05 bits per heavy atom. The average Bonchev–Trinajstić information content (AvgIpc) is 2.78. The van der Waals surface area contributed by atoms with Crippen molar-refractivity contribution in [3.63, 3.8) is 0 Å². The van der Waals surface area contributed by atoms with E-state index >= 15 is 0 Å². The van der Waals surface area contributed by atoms with Gasteiger partial charge in [-0.2, -0.15) is 0 Å². The molecule has 0 aliphatic rings. The maximum Gasteiger partial charge on any atom is 0.247 e. The molecule has 0 bridgehead atoms. The molecule has 1 aromatic heterocycles. The molecular formula is C11H11NO4S3. The number of benzene rings is 1. The molecule has 0 atom stereocenters. The van der Waals surface area contributed by atoms with E-state index in [1.54, 1.807) is 25.1 Å². The standard InChI is InChI=1S/C11H11NO4S3/c1-8-4-2-3-5-9(8)18(13,14)10-6-7-11(17-10)19(12,15)16/h2-7H,1H3,(H2,12,15,16). The van der Waals surface area contributed by atoms with Crippen molar-refractivity contribution >= 4 is 31.2 Å². The van der Waals surface area contributed by atoms with E-state index in [1.807, 2.05) is 0 Å². The molecule has 0 saturated heterocycles. The van der Waals surface area contributed by atoms with Crippen LogP contribution >= 0.6 is 11.3 Å². The summed E-state index contributed by atoms with van der Waals surface area (Å²) in [6.07, 6.45) is 0. The average molecular weight is 317 g/mol. The molecule has 0 aliphatic carbocycles. The largest absolute Gasteiger partial charge is 0.247 e. The topological polar surface area (TPSA) is 94.3 Å². The van der Waals surface area contributed by atoms with Crippen molar-refractivity contribution in [3.05, 3.63) is 42.0 Å². The fourth-order valence-corrected chi connectivity index (χ4v) is 5.38. The van der Waals surface area contributed by atoms with E-state index in [-0.39, 0.29) is 13.3 Å². The van der Waals surface area contributed by atoms with Gasteiger partial charge in [0.1, 0.15) is 8.42 Å². The molecule has 1 heterocycles. The van der Waals surface area contributed by atoms with E-state index in [4.69, 9.17) is 5.14 Å². The van der Waals surface area contributed by atoms with Crippen LogP contribution in [0.25, 0.3) is 0 Å². The number of sulfonamides is 1. The lowest BCUT2D eigenvalue weighted by molar-refractivity contribution is 0.597. The molecule has 0 saturated carbocycles. The summed E-state index contributed by atoms with van der Waals surface area (Å²) in [7, 11) is -7.59. The molecule has 5 nitrogen and oxygen atoms in total. The van der Waals surface area contributed by atoms with E-state index in [0.29, 0.717) is 16.9 Å². The third-order valence-electron chi connectivity index (χ3n) is 2.49. The van der Waals surface area contributed by atoms with Crippen molar-refractivity contribution in [1.82, 2.24) is 0 Å². The van der Waals surface area contributed by atoms with Crippen LogP contribution in [0.3, 0.4) is 0 Å². The molecule has 0 unspecified atom stereocenters. The highest BCUT2D eigenvalue weighted by Crippen LogP contribution is 2.30. The number of hydrogen-bond donors (Lipinski definition) is 1. The van der Waals surface area contributed by atoms with Crippen LogP contribution in [0.5, 0.6) is 0 Å². The van der Waals surface area contributed by atoms with E-state index in [0.717, 1.165) is 0 Å². The summed E-state index contributed by atoms with van der Waals surface area (Å²) in [6.45, 7) is 1.68. The minimum Gasteiger partial charge on any atom is -0.224 e. The summed E-state index contributed by atoms with van der Waals surface area (Å²) in [5, 5.41) is 4.97. The third-order valence-corrected chi connectivity index (χ3v) is 7.41. The maximum atomic E-state index is 12.4. The highest BCUT2D eigenvalue weighted by Gasteiger charge is 2.23. The van der Waals surface area contributed by atoms with Gasteiger partial charge in [0.2, 0.25) is 19.9 Å². The van der Waals surface area contributed by atoms with Gasteiger partial charge in [-0.15, -0.1) is 11.3 Å². The molecule has 2 aromatic rings. The quantitative estimate of drug-likeness (QED) is 0.929. The first-order valence-electron chi connectivity index (χ1n) is 5.16. The van der Waals surface area contributed by atoms with Crippen molar-refractivity contribution in [2.24, 2.45) is 5.14 Å². The normalized spacial score (nSPS) is 12.5. The molecule has 1 aromatic carbocycles. The van der Waals surface area contributed by atoms with Crippen LogP contribution in [0.2, 0.25) is 0 Å². The summed E-state index contributed by atoms with van der Waals surface area (Å²) in [6, 6.07) is 8.98. The monoisotopic (exact) mass is 317 g/mol. The van der Waals surface area contributed by atoms with Gasteiger partial charge in [-0.1, -0.05) is 18.2 Å². The molecule has 0 aliphatic heterocycles. The van der Waals surface area contributed by atoms with E-state index in [1.165, 1.54) is 18.2 Å². The molecule has 0 fully saturated rings. The molecule has 2 rings (SSSR count). The Bertz CT molecular complexity index is 819. The molecule has 102 valence electrons. The van der Waals surface area contributed by atoms with Crippen molar-refractivity contribution in [3.8, 4) is 0 Å². The van der Waals surface area contributed by atoms with Crippen LogP contribution in [0.1, 0.15) is 5.56 Å². The summed E-state index contributed by atoms with van der Waals surface area (Å²) >= 11 is 0.649. The van der Waals surface area contributed by atoms with Crippen LogP contribution < -0.4 is 5.14 Å². The van der Waals surface area contributed by atoms with Crippen LogP contribution in [0, 0.1) is 6.92 Å². The number of rotatable bonds is 3. The minimum absolute atomic E-state index is 0.0363. The Balaban J connectivity index is 2.59. The van der Waals surface area contributed by atoms with Gasteiger partial charge >= 0.3 is 0 Å². The Hall–Kier alpha value is -1.22. The van der Waals surface area contributed by atoms with Crippen molar-refractivity contribution in [1.29, 1.82) is 0 Å². The Kier molecular flexibility index (Phi) is 3.52. The first-order chi connectivity index (χ1) is 8.73. The van der Waals surface area contributed by atoms with Crippen molar-refractivity contribution < 1.29 is 16.8 Å². The number of nitrogens with two attached hydrogens (primary N) is 1. The Morgan fingerprint density at radius 2 is 1.53 bits per heavy atom. The molecule has 0 spiro atoms. The Morgan fingerprint density at radius 1 is 0.947 bits per heavy atom. The van der Waals surface area contributed by atoms with Crippen molar-refractivity contribution in [2.75, 3.05) is 0 Å². The fourth-order valence-electron chi connectivity index (χ4n) is 1.57. The number of sulfone groups is 1. The van der Waals surface area contributed by atoms with Gasteiger partial charge in [-0.05, 0) is 30.7 Å². The zero-order chi connectivity index (χ0) is 14.3. The summed E-state index contributed by atoms with van der Waals surface area (Å²) in [5.41, 5.74) is 0.605. The first kappa shape index (κ1) is 14.2. The zero-order valence-electron chi connectivity index (χ0n) is 9.90. The fraction of sp³-hybridized carbons (Fsp3) is 0.0909. The highest BCUT2D eigenvalue weighted by molar-refractivity contribution is 7.95. The second-order valence-electron chi connectivity index (χ2n) is 3.89. The van der Waals surface area contributed by atoms with Gasteiger partial charge in [0.15, 0.2) is 0 Å². The lowest BCUT2D eigenvalue weighted by Crippen LogP contribution is -2.10. The number of hydrogen-bond acceptors (Lipinski definition) is 5. The Labute approximate surface area is 115 Å². The number of aryl methyl sites for hydroxylation is 1.